The Hall–Kier alpha value is -1.92. The molecule has 0 aliphatic carbocycles. The first-order chi connectivity index (χ1) is 8.99. The molecule has 0 fully saturated rings. The molecule has 19 heavy (non-hydrogen) atoms. The molecule has 0 saturated carbocycles. The molecular formula is C12H17F2N5. The third kappa shape index (κ3) is 2.91. The highest BCUT2D eigenvalue weighted by Gasteiger charge is 2.11. The summed E-state index contributed by atoms with van der Waals surface area (Å²) >= 11 is 0. The van der Waals surface area contributed by atoms with Crippen molar-refractivity contribution < 1.29 is 8.78 Å². The minimum Gasteiger partial charge on any atom is -0.366 e. The summed E-state index contributed by atoms with van der Waals surface area (Å²) in [5.74, 6) is 0.918. The molecule has 0 amide bonds. The zero-order valence-corrected chi connectivity index (χ0v) is 11.2. The van der Waals surface area contributed by atoms with E-state index in [0.717, 1.165) is 22.6 Å². The first-order valence-corrected chi connectivity index (χ1v) is 6.01. The Labute approximate surface area is 110 Å². The predicted octanol–water partition coefficient (Wildman–Crippen LogP) is 2.11. The number of anilines is 1. The smallest absolute Gasteiger partial charge is 0.257 e. The molecule has 2 heterocycles. The highest BCUT2D eigenvalue weighted by Crippen LogP contribution is 2.15. The van der Waals surface area contributed by atoms with E-state index in [2.05, 4.69) is 15.5 Å². The number of hydrogen-bond donors (Lipinski definition) is 1. The molecule has 2 aromatic rings. The van der Waals surface area contributed by atoms with Crippen molar-refractivity contribution in [3.8, 4) is 0 Å². The molecular weight excluding hydrogens is 252 g/mol. The van der Waals surface area contributed by atoms with Crippen LogP contribution >= 0.6 is 0 Å². The Morgan fingerprint density at radius 3 is 2.58 bits per heavy atom. The maximum absolute atomic E-state index is 12.3. The van der Waals surface area contributed by atoms with E-state index in [1.54, 1.807) is 24.0 Å². The standard InChI is InChI=1S/C12H17F2N5/c1-8-4-16-18(3)12(8)15-5-10-6-17-19(9(10)2)7-11(13)14/h4,6,11,15H,5,7H2,1-3H3. The van der Waals surface area contributed by atoms with Crippen molar-refractivity contribution in [3.63, 3.8) is 0 Å². The van der Waals surface area contributed by atoms with Crippen LogP contribution in [0.5, 0.6) is 0 Å². The monoisotopic (exact) mass is 269 g/mol. The average molecular weight is 269 g/mol. The largest absolute Gasteiger partial charge is 0.366 e. The number of halogens is 2. The van der Waals surface area contributed by atoms with E-state index in [9.17, 15) is 8.78 Å². The van der Waals surface area contributed by atoms with Gasteiger partial charge >= 0.3 is 0 Å². The van der Waals surface area contributed by atoms with E-state index in [0.29, 0.717) is 6.54 Å². The van der Waals surface area contributed by atoms with Crippen LogP contribution in [0, 0.1) is 13.8 Å². The Bertz CT molecular complexity index is 539. The van der Waals surface area contributed by atoms with Crippen molar-refractivity contribution in [1.29, 1.82) is 0 Å². The fourth-order valence-corrected chi connectivity index (χ4v) is 1.95. The lowest BCUT2D eigenvalue weighted by Gasteiger charge is -2.08. The van der Waals surface area contributed by atoms with Crippen molar-refractivity contribution in [2.75, 3.05) is 5.32 Å². The number of nitrogens with one attached hydrogen (secondary N) is 1. The molecule has 0 unspecified atom stereocenters. The number of aromatic nitrogens is 4. The van der Waals surface area contributed by atoms with Crippen molar-refractivity contribution in [2.45, 2.75) is 33.4 Å². The van der Waals surface area contributed by atoms with Gasteiger partial charge in [0.05, 0.1) is 12.4 Å². The van der Waals surface area contributed by atoms with Crippen LogP contribution in [0.3, 0.4) is 0 Å². The summed E-state index contributed by atoms with van der Waals surface area (Å²) in [7, 11) is 1.85. The van der Waals surface area contributed by atoms with Crippen molar-refractivity contribution in [1.82, 2.24) is 19.6 Å². The summed E-state index contributed by atoms with van der Waals surface area (Å²) in [6.45, 7) is 3.93. The summed E-state index contributed by atoms with van der Waals surface area (Å²) in [5, 5.41) is 11.3. The summed E-state index contributed by atoms with van der Waals surface area (Å²) in [6, 6.07) is 0. The molecule has 2 aromatic heterocycles. The first kappa shape index (κ1) is 13.5. The number of hydrogen-bond acceptors (Lipinski definition) is 3. The van der Waals surface area contributed by atoms with Crippen LogP contribution in [0.15, 0.2) is 12.4 Å². The van der Waals surface area contributed by atoms with E-state index in [4.69, 9.17) is 0 Å². The predicted molar refractivity (Wildman–Crippen MR) is 68.2 cm³/mol. The molecule has 0 radical (unpaired) electrons. The van der Waals surface area contributed by atoms with Crippen LogP contribution in [0.1, 0.15) is 16.8 Å². The molecule has 5 nitrogen and oxygen atoms in total. The second kappa shape index (κ2) is 5.38. The second-order valence-corrected chi connectivity index (χ2v) is 4.48. The van der Waals surface area contributed by atoms with Crippen LogP contribution in [-0.2, 0) is 20.1 Å². The third-order valence-electron chi connectivity index (χ3n) is 3.08. The average Bonchev–Trinajstić information content (AvgIpc) is 2.83. The molecule has 2 rings (SSSR count). The molecule has 0 aromatic carbocycles. The maximum atomic E-state index is 12.3. The number of alkyl halides is 2. The molecule has 0 bridgehead atoms. The van der Waals surface area contributed by atoms with Gasteiger partial charge in [0.2, 0.25) is 0 Å². The van der Waals surface area contributed by atoms with Gasteiger partial charge in [-0.05, 0) is 13.8 Å². The van der Waals surface area contributed by atoms with Crippen molar-refractivity contribution in [2.24, 2.45) is 7.05 Å². The Kier molecular flexibility index (Phi) is 3.82. The van der Waals surface area contributed by atoms with E-state index < -0.39 is 6.43 Å². The fraction of sp³-hybridized carbons (Fsp3) is 0.500. The number of aryl methyl sites for hydroxylation is 2. The summed E-state index contributed by atoms with van der Waals surface area (Å²) in [6.07, 6.45) is 1.00. The number of nitrogens with zero attached hydrogens (tertiary/aromatic N) is 4. The molecule has 0 spiro atoms. The van der Waals surface area contributed by atoms with Gasteiger partial charge in [0, 0.05) is 30.4 Å². The lowest BCUT2D eigenvalue weighted by atomic mass is 10.2. The van der Waals surface area contributed by atoms with Gasteiger partial charge in [-0.2, -0.15) is 10.2 Å². The minimum absolute atomic E-state index is 0.365. The molecule has 0 atom stereocenters. The second-order valence-electron chi connectivity index (χ2n) is 4.48. The van der Waals surface area contributed by atoms with Gasteiger partial charge in [0.25, 0.3) is 6.43 Å². The lowest BCUT2D eigenvalue weighted by molar-refractivity contribution is 0.121. The highest BCUT2D eigenvalue weighted by molar-refractivity contribution is 5.43. The minimum atomic E-state index is -2.39. The first-order valence-electron chi connectivity index (χ1n) is 6.01. The van der Waals surface area contributed by atoms with Crippen molar-refractivity contribution in [3.05, 3.63) is 29.2 Å². The molecule has 104 valence electrons. The van der Waals surface area contributed by atoms with Crippen LogP contribution in [0.4, 0.5) is 14.6 Å². The Morgan fingerprint density at radius 2 is 2.00 bits per heavy atom. The molecule has 0 aliphatic heterocycles. The van der Waals surface area contributed by atoms with Crippen LogP contribution in [0.2, 0.25) is 0 Å². The van der Waals surface area contributed by atoms with Gasteiger partial charge in [-0.25, -0.2) is 8.78 Å². The van der Waals surface area contributed by atoms with Gasteiger partial charge in [-0.15, -0.1) is 0 Å². The SMILES string of the molecule is Cc1cnn(C)c1NCc1cnn(CC(F)F)c1C. The van der Waals surface area contributed by atoms with Crippen LogP contribution < -0.4 is 5.32 Å². The van der Waals surface area contributed by atoms with Crippen LogP contribution in [-0.4, -0.2) is 26.0 Å². The molecule has 1 N–H and O–H groups in total. The molecule has 7 heteroatoms. The summed E-state index contributed by atoms with van der Waals surface area (Å²) in [4.78, 5) is 0. The quantitative estimate of drug-likeness (QED) is 0.904. The van der Waals surface area contributed by atoms with Gasteiger partial charge in [0.1, 0.15) is 12.4 Å². The normalized spacial score (nSPS) is 11.3. The summed E-state index contributed by atoms with van der Waals surface area (Å²) in [5.41, 5.74) is 2.70. The van der Waals surface area contributed by atoms with E-state index >= 15 is 0 Å². The topological polar surface area (TPSA) is 47.7 Å². The third-order valence-corrected chi connectivity index (χ3v) is 3.08. The van der Waals surface area contributed by atoms with Crippen LogP contribution in [0.25, 0.3) is 0 Å². The molecule has 0 saturated heterocycles. The zero-order valence-electron chi connectivity index (χ0n) is 11.2. The van der Waals surface area contributed by atoms with Gasteiger partial charge in [0.15, 0.2) is 0 Å². The van der Waals surface area contributed by atoms with Gasteiger partial charge in [-0.1, -0.05) is 0 Å². The van der Waals surface area contributed by atoms with E-state index in [-0.39, 0.29) is 6.54 Å². The lowest BCUT2D eigenvalue weighted by Crippen LogP contribution is -2.11. The Morgan fingerprint density at radius 1 is 1.26 bits per heavy atom. The van der Waals surface area contributed by atoms with Gasteiger partial charge in [-0.3, -0.25) is 9.36 Å². The van der Waals surface area contributed by atoms with Crippen molar-refractivity contribution >= 4 is 5.82 Å². The maximum Gasteiger partial charge on any atom is 0.257 e. The number of rotatable bonds is 5. The molecule has 0 aliphatic rings. The fourth-order valence-electron chi connectivity index (χ4n) is 1.95. The highest BCUT2D eigenvalue weighted by atomic mass is 19.3. The van der Waals surface area contributed by atoms with E-state index in [1.807, 2.05) is 14.0 Å². The Balaban J connectivity index is 2.06. The van der Waals surface area contributed by atoms with E-state index in [1.165, 1.54) is 4.68 Å². The summed E-state index contributed by atoms with van der Waals surface area (Å²) < 4.78 is 27.7. The van der Waals surface area contributed by atoms with Gasteiger partial charge < -0.3 is 5.32 Å². The zero-order chi connectivity index (χ0) is 14.0.